The van der Waals surface area contributed by atoms with Gasteiger partial charge in [0.1, 0.15) is 11.4 Å². The molecule has 1 heterocycles. The van der Waals surface area contributed by atoms with Crippen molar-refractivity contribution in [3.63, 3.8) is 0 Å². The maximum atomic E-state index is 12.1. The number of non-ortho nitro benzene ring substituents is 1. The number of benzene rings is 2. The van der Waals surface area contributed by atoms with Crippen LogP contribution in [0.1, 0.15) is 10.5 Å². The minimum absolute atomic E-state index is 0.0828. The number of nitrogens with one attached hydrogen (secondary N) is 1. The van der Waals surface area contributed by atoms with E-state index >= 15 is 0 Å². The Morgan fingerprint density at radius 3 is 2.68 bits per heavy atom. The molecule has 0 saturated carbocycles. The van der Waals surface area contributed by atoms with Crippen LogP contribution in [0.5, 0.6) is 5.75 Å². The van der Waals surface area contributed by atoms with E-state index in [9.17, 15) is 19.7 Å². The van der Waals surface area contributed by atoms with Gasteiger partial charge in [0.05, 0.1) is 29.3 Å². The number of fused-ring (bicyclic) bond motifs is 1. The van der Waals surface area contributed by atoms with Crippen LogP contribution in [-0.2, 0) is 9.53 Å². The highest BCUT2D eigenvalue weighted by atomic mass is 16.6. The summed E-state index contributed by atoms with van der Waals surface area (Å²) in [5.41, 5.74) is 0.762. The Hall–Kier alpha value is -4.01. The Kier molecular flexibility index (Phi) is 5.45. The molecule has 28 heavy (non-hydrogen) atoms. The molecule has 0 radical (unpaired) electrons. The van der Waals surface area contributed by atoms with E-state index in [1.165, 1.54) is 31.4 Å². The smallest absolute Gasteiger partial charge is 0.357 e. The summed E-state index contributed by atoms with van der Waals surface area (Å²) in [5, 5.41) is 14.2. The second-order valence-corrected chi connectivity index (χ2v) is 5.66. The minimum atomic E-state index is -0.739. The fourth-order valence-corrected chi connectivity index (χ4v) is 2.47. The van der Waals surface area contributed by atoms with Gasteiger partial charge in [-0.05, 0) is 18.2 Å². The molecule has 0 aliphatic heterocycles. The van der Waals surface area contributed by atoms with Crippen LogP contribution in [0.25, 0.3) is 10.9 Å². The van der Waals surface area contributed by atoms with Gasteiger partial charge in [-0.2, -0.15) is 0 Å². The molecule has 0 bridgehead atoms. The number of nitrogens with zero attached hydrogens (tertiary/aromatic N) is 2. The van der Waals surface area contributed by atoms with Gasteiger partial charge in [0.15, 0.2) is 6.61 Å². The number of aromatic nitrogens is 1. The number of hydrogen-bond donors (Lipinski definition) is 1. The van der Waals surface area contributed by atoms with Crippen LogP contribution in [0.15, 0.2) is 54.6 Å². The molecule has 0 saturated heterocycles. The molecule has 1 amide bonds. The molecule has 2 aromatic carbocycles. The molecule has 0 atom stereocenters. The van der Waals surface area contributed by atoms with Crippen LogP contribution >= 0.6 is 0 Å². The van der Waals surface area contributed by atoms with Crippen molar-refractivity contribution in [2.24, 2.45) is 0 Å². The van der Waals surface area contributed by atoms with Crippen LogP contribution in [0.4, 0.5) is 11.4 Å². The lowest BCUT2D eigenvalue weighted by molar-refractivity contribution is -0.384. The zero-order chi connectivity index (χ0) is 20.1. The molecular weight excluding hydrogens is 366 g/mol. The van der Waals surface area contributed by atoms with Crippen molar-refractivity contribution in [3.8, 4) is 5.75 Å². The average Bonchev–Trinajstić information content (AvgIpc) is 2.71. The van der Waals surface area contributed by atoms with Crippen molar-refractivity contribution in [1.82, 2.24) is 4.98 Å². The number of amides is 1. The molecule has 0 aliphatic rings. The number of hydrogen-bond acceptors (Lipinski definition) is 7. The number of methoxy groups -OCH3 is 1. The summed E-state index contributed by atoms with van der Waals surface area (Å²) in [6.07, 6.45) is 0. The highest BCUT2D eigenvalue weighted by molar-refractivity contribution is 5.96. The Morgan fingerprint density at radius 2 is 1.93 bits per heavy atom. The van der Waals surface area contributed by atoms with Crippen molar-refractivity contribution in [2.45, 2.75) is 0 Å². The fraction of sp³-hybridized carbons (Fsp3) is 0.105. The van der Waals surface area contributed by atoms with Gasteiger partial charge in [-0.1, -0.05) is 24.3 Å². The van der Waals surface area contributed by atoms with E-state index in [1.807, 2.05) is 12.1 Å². The van der Waals surface area contributed by atoms with E-state index in [0.717, 1.165) is 5.39 Å². The second kappa shape index (κ2) is 8.12. The third-order valence-corrected chi connectivity index (χ3v) is 3.81. The number of carbonyl (C=O) groups is 2. The first-order chi connectivity index (χ1) is 13.5. The largest absolute Gasteiger partial charge is 0.494 e. The summed E-state index contributed by atoms with van der Waals surface area (Å²) in [4.78, 5) is 38.6. The van der Waals surface area contributed by atoms with Gasteiger partial charge < -0.3 is 14.8 Å². The van der Waals surface area contributed by atoms with Crippen LogP contribution in [0.2, 0.25) is 0 Å². The van der Waals surface area contributed by atoms with E-state index in [0.29, 0.717) is 5.52 Å². The third-order valence-electron chi connectivity index (χ3n) is 3.81. The second-order valence-electron chi connectivity index (χ2n) is 5.66. The van der Waals surface area contributed by atoms with Gasteiger partial charge in [-0.15, -0.1) is 0 Å². The molecule has 0 spiro atoms. The zero-order valence-corrected chi connectivity index (χ0v) is 14.7. The predicted octanol–water partition coefficient (Wildman–Crippen LogP) is 2.95. The molecule has 0 unspecified atom stereocenters. The summed E-state index contributed by atoms with van der Waals surface area (Å²) in [6.45, 7) is -0.548. The molecule has 9 heteroatoms. The van der Waals surface area contributed by atoms with Gasteiger partial charge in [-0.3, -0.25) is 14.9 Å². The van der Waals surface area contributed by atoms with E-state index in [-0.39, 0.29) is 22.8 Å². The van der Waals surface area contributed by atoms with Crippen molar-refractivity contribution < 1.29 is 24.0 Å². The summed E-state index contributed by atoms with van der Waals surface area (Å²) < 4.78 is 10.0. The van der Waals surface area contributed by atoms with Crippen molar-refractivity contribution in [2.75, 3.05) is 19.0 Å². The first-order valence-corrected chi connectivity index (χ1v) is 8.13. The Bertz CT molecular complexity index is 1070. The molecule has 142 valence electrons. The molecule has 3 aromatic rings. The summed E-state index contributed by atoms with van der Waals surface area (Å²) >= 11 is 0. The number of carbonyl (C=O) groups excluding carboxylic acids is 2. The fourth-order valence-electron chi connectivity index (χ4n) is 2.47. The molecule has 3 rings (SSSR count). The lowest BCUT2D eigenvalue weighted by Gasteiger charge is -2.10. The lowest BCUT2D eigenvalue weighted by atomic mass is 10.2. The standard InChI is InChI=1S/C19H15N3O6/c1-27-17-10-13(22(25)26)7-9-15(17)21-18(23)11-28-19(24)16-8-6-12-4-2-3-5-14(12)20-16/h2-10H,11H2,1H3,(H,21,23). The van der Waals surface area contributed by atoms with Crippen molar-refractivity contribution >= 4 is 34.2 Å². The summed E-state index contributed by atoms with van der Waals surface area (Å²) in [7, 11) is 1.32. The van der Waals surface area contributed by atoms with Crippen LogP contribution < -0.4 is 10.1 Å². The number of nitro benzene ring substituents is 1. The number of nitro groups is 1. The van der Waals surface area contributed by atoms with E-state index in [4.69, 9.17) is 9.47 Å². The Labute approximate surface area is 159 Å². The highest BCUT2D eigenvalue weighted by Crippen LogP contribution is 2.28. The monoisotopic (exact) mass is 381 g/mol. The topological polar surface area (TPSA) is 121 Å². The number of esters is 1. The van der Waals surface area contributed by atoms with Gasteiger partial charge >= 0.3 is 5.97 Å². The minimum Gasteiger partial charge on any atom is -0.494 e. The van der Waals surface area contributed by atoms with Crippen molar-refractivity contribution in [1.29, 1.82) is 0 Å². The molecule has 9 nitrogen and oxygen atoms in total. The van der Waals surface area contributed by atoms with Gasteiger partial charge in [0, 0.05) is 11.5 Å². The number of para-hydroxylation sites is 1. The molecular formula is C19H15N3O6. The average molecular weight is 381 g/mol. The number of pyridine rings is 1. The van der Waals surface area contributed by atoms with Gasteiger partial charge in [0.25, 0.3) is 11.6 Å². The van der Waals surface area contributed by atoms with Crippen molar-refractivity contribution in [3.05, 3.63) is 70.4 Å². The first kappa shape index (κ1) is 18.8. The zero-order valence-electron chi connectivity index (χ0n) is 14.7. The summed E-state index contributed by atoms with van der Waals surface area (Å²) in [5.74, 6) is -1.25. The molecule has 0 aliphatic carbocycles. The SMILES string of the molecule is COc1cc([N+](=O)[O-])ccc1NC(=O)COC(=O)c1ccc2ccccc2n1. The first-order valence-electron chi connectivity index (χ1n) is 8.13. The maximum absolute atomic E-state index is 12.1. The Morgan fingerprint density at radius 1 is 1.14 bits per heavy atom. The van der Waals surface area contributed by atoms with Crippen LogP contribution in [0, 0.1) is 10.1 Å². The maximum Gasteiger partial charge on any atom is 0.357 e. The molecule has 0 fully saturated rings. The molecule has 1 aromatic heterocycles. The predicted molar refractivity (Wildman–Crippen MR) is 100 cm³/mol. The quantitative estimate of drug-likeness (QED) is 0.396. The van der Waals surface area contributed by atoms with E-state index in [1.54, 1.807) is 18.2 Å². The summed E-state index contributed by atoms with van der Waals surface area (Å²) in [6, 6.07) is 14.3. The van der Waals surface area contributed by atoms with E-state index in [2.05, 4.69) is 10.3 Å². The number of rotatable bonds is 6. The normalized spacial score (nSPS) is 10.3. The van der Waals surface area contributed by atoms with Gasteiger partial charge in [0.2, 0.25) is 0 Å². The molecule has 1 N–H and O–H groups in total. The van der Waals surface area contributed by atoms with Crippen LogP contribution in [0.3, 0.4) is 0 Å². The van der Waals surface area contributed by atoms with E-state index < -0.39 is 23.4 Å². The Balaban J connectivity index is 1.63. The number of ether oxygens (including phenoxy) is 2. The van der Waals surface area contributed by atoms with Crippen LogP contribution in [-0.4, -0.2) is 35.5 Å². The third kappa shape index (κ3) is 4.21. The lowest BCUT2D eigenvalue weighted by Crippen LogP contribution is -2.21. The number of anilines is 1. The highest BCUT2D eigenvalue weighted by Gasteiger charge is 2.16. The van der Waals surface area contributed by atoms with Gasteiger partial charge in [-0.25, -0.2) is 9.78 Å².